The lowest BCUT2D eigenvalue weighted by atomic mass is 9.98. The van der Waals surface area contributed by atoms with E-state index < -0.39 is 56.4 Å². The van der Waals surface area contributed by atoms with E-state index in [0.717, 1.165) is 0 Å². The van der Waals surface area contributed by atoms with Crippen molar-refractivity contribution < 1.29 is 22.6 Å². The maximum atomic E-state index is 13.9. The number of sulfonamides is 1. The van der Waals surface area contributed by atoms with Crippen molar-refractivity contribution in [2.75, 3.05) is 13.2 Å². The molecule has 1 aromatic carbocycles. The van der Waals surface area contributed by atoms with E-state index in [1.165, 1.54) is 27.2 Å². The van der Waals surface area contributed by atoms with Crippen molar-refractivity contribution in [1.82, 2.24) is 13.9 Å². The van der Waals surface area contributed by atoms with Gasteiger partial charge in [0, 0.05) is 18.3 Å². The van der Waals surface area contributed by atoms with Crippen molar-refractivity contribution in [3.63, 3.8) is 0 Å². The number of ether oxygens (including phenoxy) is 3. The fourth-order valence-electron chi connectivity index (χ4n) is 4.66. The van der Waals surface area contributed by atoms with Gasteiger partial charge in [0.15, 0.2) is 6.23 Å². The molecule has 4 rings (SSSR count). The fourth-order valence-corrected chi connectivity index (χ4v) is 6.35. The molecule has 11 heteroatoms. The SMILES string of the molecule is Cc1cn([C@@H]2O[C@@]3(COC(C)(C)C)CN(S(=O)(=O)c4ccccc4)[C@@H]2[C@@H]3OC(C)(C)C)c(=O)[nH]c1=O. The van der Waals surface area contributed by atoms with Gasteiger partial charge in [-0.15, -0.1) is 0 Å². The number of nitrogens with one attached hydrogen (secondary N) is 1. The molecule has 0 aliphatic carbocycles. The molecule has 2 aromatic rings. The number of aryl methyl sites for hydroxylation is 1. The summed E-state index contributed by atoms with van der Waals surface area (Å²) in [4.78, 5) is 27.3. The molecule has 4 atom stereocenters. The number of aromatic nitrogens is 2. The maximum Gasteiger partial charge on any atom is 0.330 e. The first-order valence-electron chi connectivity index (χ1n) is 11.9. The molecule has 0 spiro atoms. The third-order valence-corrected chi connectivity index (χ3v) is 8.09. The quantitative estimate of drug-likeness (QED) is 0.619. The monoisotopic (exact) mass is 521 g/mol. The normalized spacial score (nSPS) is 27.0. The van der Waals surface area contributed by atoms with E-state index in [1.54, 1.807) is 25.1 Å². The lowest BCUT2D eigenvalue weighted by Crippen LogP contribution is -2.52. The van der Waals surface area contributed by atoms with Crippen molar-refractivity contribution in [2.24, 2.45) is 0 Å². The van der Waals surface area contributed by atoms with Crippen LogP contribution in [0.25, 0.3) is 0 Å². The number of fused-ring (bicyclic) bond motifs is 2. The fraction of sp³-hybridized carbons (Fsp3) is 0.600. The molecule has 0 amide bonds. The highest BCUT2D eigenvalue weighted by atomic mass is 32.2. The first kappa shape index (κ1) is 26.7. The second-order valence-electron chi connectivity index (χ2n) is 11.5. The second kappa shape index (κ2) is 8.91. The summed E-state index contributed by atoms with van der Waals surface area (Å²) in [5.41, 5.74) is -3.28. The average molecular weight is 522 g/mol. The van der Waals surface area contributed by atoms with E-state index in [4.69, 9.17) is 14.2 Å². The van der Waals surface area contributed by atoms with E-state index in [1.807, 2.05) is 41.5 Å². The summed E-state index contributed by atoms with van der Waals surface area (Å²) < 4.78 is 49.5. The molecule has 1 aromatic heterocycles. The van der Waals surface area contributed by atoms with Gasteiger partial charge in [-0.2, -0.15) is 4.31 Å². The lowest BCUT2D eigenvalue weighted by Gasteiger charge is -2.38. The van der Waals surface area contributed by atoms with Crippen molar-refractivity contribution >= 4 is 10.0 Å². The molecule has 1 N–H and O–H groups in total. The van der Waals surface area contributed by atoms with E-state index in [9.17, 15) is 18.0 Å². The smallest absolute Gasteiger partial charge is 0.330 e. The molecule has 36 heavy (non-hydrogen) atoms. The number of nitrogens with zero attached hydrogens (tertiary/aromatic N) is 2. The van der Waals surface area contributed by atoms with Crippen molar-refractivity contribution in [2.45, 2.75) is 88.5 Å². The topological polar surface area (TPSA) is 120 Å². The summed E-state index contributed by atoms with van der Waals surface area (Å²) in [5, 5.41) is 0. The number of H-pyrrole nitrogens is 1. The first-order chi connectivity index (χ1) is 16.5. The molecule has 2 saturated heterocycles. The Bertz CT molecular complexity index is 1340. The van der Waals surface area contributed by atoms with Gasteiger partial charge < -0.3 is 14.2 Å². The van der Waals surface area contributed by atoms with Gasteiger partial charge in [0.25, 0.3) is 5.56 Å². The number of morpholine rings is 1. The molecule has 0 saturated carbocycles. The molecular weight excluding hydrogens is 486 g/mol. The van der Waals surface area contributed by atoms with Crippen molar-refractivity contribution in [3.8, 4) is 0 Å². The minimum absolute atomic E-state index is 0.0146. The Morgan fingerprint density at radius 3 is 2.31 bits per heavy atom. The summed E-state index contributed by atoms with van der Waals surface area (Å²) in [6.45, 7) is 12.9. The maximum absolute atomic E-state index is 13.9. The second-order valence-corrected chi connectivity index (χ2v) is 13.3. The van der Waals surface area contributed by atoms with Gasteiger partial charge in [-0.25, -0.2) is 13.2 Å². The number of hydrogen-bond acceptors (Lipinski definition) is 7. The Morgan fingerprint density at radius 2 is 1.72 bits per heavy atom. The Labute approximate surface area is 211 Å². The van der Waals surface area contributed by atoms with E-state index in [-0.39, 0.29) is 18.0 Å². The molecule has 2 aliphatic heterocycles. The number of hydrogen-bond donors (Lipinski definition) is 1. The van der Waals surface area contributed by atoms with E-state index in [2.05, 4.69) is 4.98 Å². The highest BCUT2D eigenvalue weighted by Gasteiger charge is 2.68. The van der Waals surface area contributed by atoms with Crippen LogP contribution in [0.2, 0.25) is 0 Å². The molecule has 0 radical (unpaired) electrons. The van der Waals surface area contributed by atoms with E-state index in [0.29, 0.717) is 5.56 Å². The Morgan fingerprint density at radius 1 is 1.08 bits per heavy atom. The molecule has 3 heterocycles. The molecule has 2 bridgehead atoms. The van der Waals surface area contributed by atoms with Gasteiger partial charge in [-0.3, -0.25) is 14.3 Å². The zero-order valence-corrected chi connectivity index (χ0v) is 22.6. The van der Waals surface area contributed by atoms with Gasteiger partial charge in [0.1, 0.15) is 11.7 Å². The van der Waals surface area contributed by atoms with E-state index >= 15 is 0 Å². The molecule has 0 unspecified atom stereocenters. The predicted octanol–water partition coefficient (Wildman–Crippen LogP) is 2.18. The Hall–Kier alpha value is -2.31. The zero-order valence-electron chi connectivity index (χ0n) is 21.8. The van der Waals surface area contributed by atoms with Crippen LogP contribution in [-0.4, -0.2) is 64.4 Å². The summed E-state index contributed by atoms with van der Waals surface area (Å²) in [7, 11) is -3.99. The minimum atomic E-state index is -3.99. The van der Waals surface area contributed by atoms with Crippen LogP contribution < -0.4 is 11.2 Å². The highest BCUT2D eigenvalue weighted by Crippen LogP contribution is 2.51. The standard InChI is InChI=1S/C25H35N3O7S/c1-16-13-27(22(30)26-20(16)29)21-18-19(34-24(5,6)7)25(35-21,15-33-23(2,3)4)14-28(18)36(31,32)17-11-9-8-10-12-17/h8-13,18-19,21H,14-15H2,1-7H3,(H,26,29,30)/t18-,19+,21-,25-/m1/s1. The van der Waals surface area contributed by atoms with Gasteiger partial charge in [0.05, 0.1) is 28.7 Å². The molecular formula is C25H35N3O7S. The summed E-state index contributed by atoms with van der Waals surface area (Å²) in [6, 6.07) is 7.24. The van der Waals surface area contributed by atoms with Gasteiger partial charge >= 0.3 is 5.69 Å². The summed E-state index contributed by atoms with van der Waals surface area (Å²) >= 11 is 0. The Balaban J connectivity index is 1.90. The van der Waals surface area contributed by atoms with Crippen LogP contribution >= 0.6 is 0 Å². The van der Waals surface area contributed by atoms with Gasteiger partial charge in [-0.1, -0.05) is 18.2 Å². The molecule has 198 valence electrons. The lowest BCUT2D eigenvalue weighted by molar-refractivity contribution is -0.189. The van der Waals surface area contributed by atoms with Crippen molar-refractivity contribution in [1.29, 1.82) is 0 Å². The van der Waals surface area contributed by atoms with Crippen LogP contribution in [-0.2, 0) is 24.2 Å². The number of rotatable bonds is 6. The third-order valence-electron chi connectivity index (χ3n) is 6.23. The zero-order chi connectivity index (χ0) is 26.7. The summed E-state index contributed by atoms with van der Waals surface area (Å²) in [6.07, 6.45) is -0.398. The predicted molar refractivity (Wildman–Crippen MR) is 133 cm³/mol. The number of benzene rings is 1. The van der Waals surface area contributed by atoms with Gasteiger partial charge in [0.2, 0.25) is 10.0 Å². The molecule has 2 fully saturated rings. The molecule has 10 nitrogen and oxygen atoms in total. The number of aromatic amines is 1. The van der Waals surface area contributed by atoms with Crippen LogP contribution in [0.4, 0.5) is 0 Å². The minimum Gasteiger partial charge on any atom is -0.373 e. The van der Waals surface area contributed by atoms with Gasteiger partial charge in [-0.05, 0) is 60.6 Å². The highest BCUT2D eigenvalue weighted by molar-refractivity contribution is 7.89. The van der Waals surface area contributed by atoms with Crippen LogP contribution in [0.5, 0.6) is 0 Å². The van der Waals surface area contributed by atoms with Crippen LogP contribution in [0, 0.1) is 6.92 Å². The first-order valence-corrected chi connectivity index (χ1v) is 13.4. The largest absolute Gasteiger partial charge is 0.373 e. The van der Waals surface area contributed by atoms with Crippen molar-refractivity contribution in [3.05, 3.63) is 62.9 Å². The Kier molecular flexibility index (Phi) is 6.62. The van der Waals surface area contributed by atoms with Crippen LogP contribution in [0.3, 0.4) is 0 Å². The average Bonchev–Trinajstić information content (AvgIpc) is 3.23. The third kappa shape index (κ3) is 4.95. The van der Waals surface area contributed by atoms with Crippen LogP contribution in [0.15, 0.2) is 51.0 Å². The van der Waals surface area contributed by atoms with Crippen LogP contribution in [0.1, 0.15) is 53.3 Å². The summed E-state index contributed by atoms with van der Waals surface area (Å²) in [5.74, 6) is 0. The molecule has 2 aliphatic rings.